The van der Waals surface area contributed by atoms with E-state index in [1.807, 2.05) is 24.3 Å². The quantitative estimate of drug-likeness (QED) is 0.133. The predicted molar refractivity (Wildman–Crippen MR) is 146 cm³/mol. The van der Waals surface area contributed by atoms with Gasteiger partial charge in [-0.3, -0.25) is 10.1 Å². The number of nitrogens with zero attached hydrogens (tertiary/aromatic N) is 2. The molecule has 0 aliphatic rings. The van der Waals surface area contributed by atoms with E-state index in [1.165, 1.54) is 6.07 Å². The second-order valence-corrected chi connectivity index (χ2v) is 9.28. The molecule has 2 rings (SSSR count). The standard InChI is InChI=1S/C30H40N2O4/c1-5-9-11-24(8-4)22-36-30-18-27(17-16-25-12-14-26(20-31)15-13-25)29(19-28(30)32(33)34)35-21-23(7-3)10-6-2/h12-19,23-24H,5-11,21-22H2,1-4H3/b17-16+. The number of nitro groups is 1. The molecule has 0 N–H and O–H groups in total. The van der Waals surface area contributed by atoms with Crippen LogP contribution in [0.5, 0.6) is 11.5 Å². The second kappa shape index (κ2) is 15.6. The largest absolute Gasteiger partial charge is 0.492 e. The van der Waals surface area contributed by atoms with Crippen LogP contribution in [0.25, 0.3) is 12.2 Å². The second-order valence-electron chi connectivity index (χ2n) is 9.28. The van der Waals surface area contributed by atoms with Gasteiger partial charge in [-0.2, -0.15) is 5.26 Å². The summed E-state index contributed by atoms with van der Waals surface area (Å²) in [5.41, 5.74) is 2.17. The molecule has 2 unspecified atom stereocenters. The van der Waals surface area contributed by atoms with Gasteiger partial charge in [-0.05, 0) is 48.4 Å². The van der Waals surface area contributed by atoms with Gasteiger partial charge in [0.1, 0.15) is 5.75 Å². The predicted octanol–water partition coefficient (Wildman–Crippen LogP) is 8.44. The van der Waals surface area contributed by atoms with Gasteiger partial charge in [-0.1, -0.05) is 84.1 Å². The molecule has 2 atom stereocenters. The maximum Gasteiger partial charge on any atom is 0.314 e. The zero-order valence-electron chi connectivity index (χ0n) is 22.2. The zero-order chi connectivity index (χ0) is 26.3. The van der Waals surface area contributed by atoms with Gasteiger partial charge >= 0.3 is 5.69 Å². The Kier molecular flexibility index (Phi) is 12.5. The third-order valence-electron chi connectivity index (χ3n) is 6.55. The Morgan fingerprint density at radius 3 is 2.11 bits per heavy atom. The Bertz CT molecular complexity index is 1020. The molecule has 0 amide bonds. The smallest absolute Gasteiger partial charge is 0.314 e. The summed E-state index contributed by atoms with van der Waals surface area (Å²) in [6, 6.07) is 12.6. The van der Waals surface area contributed by atoms with Gasteiger partial charge in [-0.25, -0.2) is 0 Å². The summed E-state index contributed by atoms with van der Waals surface area (Å²) in [5, 5.41) is 21.0. The Balaban J connectivity index is 2.40. The minimum Gasteiger partial charge on any atom is -0.492 e. The van der Waals surface area contributed by atoms with Crippen molar-refractivity contribution in [2.45, 2.75) is 72.6 Å². The molecule has 2 aromatic carbocycles. The Labute approximate surface area is 216 Å². The lowest BCUT2D eigenvalue weighted by molar-refractivity contribution is -0.386. The molecule has 0 saturated carbocycles. The first-order valence-electron chi connectivity index (χ1n) is 13.2. The first kappa shape index (κ1) is 28.9. The van der Waals surface area contributed by atoms with Crippen LogP contribution in [0.15, 0.2) is 36.4 Å². The van der Waals surface area contributed by atoms with E-state index in [4.69, 9.17) is 14.7 Å². The lowest BCUT2D eigenvalue weighted by Crippen LogP contribution is -2.13. The Morgan fingerprint density at radius 1 is 0.917 bits per heavy atom. The normalized spacial score (nSPS) is 12.8. The van der Waals surface area contributed by atoms with Crippen LogP contribution in [0, 0.1) is 33.3 Å². The lowest BCUT2D eigenvalue weighted by Gasteiger charge is -2.18. The molecule has 2 aromatic rings. The van der Waals surface area contributed by atoms with Gasteiger partial charge in [0.25, 0.3) is 0 Å². The minimum atomic E-state index is -0.396. The summed E-state index contributed by atoms with van der Waals surface area (Å²) < 4.78 is 12.2. The van der Waals surface area contributed by atoms with Gasteiger partial charge in [0.05, 0.1) is 35.8 Å². The van der Waals surface area contributed by atoms with Crippen molar-refractivity contribution >= 4 is 17.8 Å². The average Bonchev–Trinajstić information content (AvgIpc) is 2.90. The van der Waals surface area contributed by atoms with Crippen LogP contribution in [0.2, 0.25) is 0 Å². The van der Waals surface area contributed by atoms with E-state index < -0.39 is 4.92 Å². The SMILES string of the molecule is CCCCC(CC)COc1cc(/C=C/c2ccc(C#N)cc2)c(OCC(CC)CCC)cc1[N+](=O)[O-]. The molecule has 0 saturated heterocycles. The van der Waals surface area contributed by atoms with Crippen molar-refractivity contribution in [3.63, 3.8) is 0 Å². The number of nitriles is 1. The van der Waals surface area contributed by atoms with E-state index in [9.17, 15) is 10.1 Å². The fourth-order valence-electron chi connectivity index (χ4n) is 4.06. The molecule has 0 aliphatic heterocycles. The summed E-state index contributed by atoms with van der Waals surface area (Å²) in [4.78, 5) is 11.5. The summed E-state index contributed by atoms with van der Waals surface area (Å²) in [6.07, 6.45) is 11.2. The molecule has 0 spiro atoms. The van der Waals surface area contributed by atoms with Crippen LogP contribution >= 0.6 is 0 Å². The number of hydrogen-bond donors (Lipinski definition) is 0. The number of rotatable bonds is 16. The minimum absolute atomic E-state index is 0.0746. The maximum absolute atomic E-state index is 11.9. The van der Waals surface area contributed by atoms with Crippen LogP contribution in [0.4, 0.5) is 5.69 Å². The van der Waals surface area contributed by atoms with Crippen LogP contribution < -0.4 is 9.47 Å². The molecule has 0 aliphatic carbocycles. The van der Waals surface area contributed by atoms with E-state index in [2.05, 4.69) is 33.8 Å². The molecule has 0 fully saturated rings. The van der Waals surface area contributed by atoms with Gasteiger partial charge in [0.2, 0.25) is 0 Å². The number of unbranched alkanes of at least 4 members (excludes halogenated alkanes) is 1. The first-order chi connectivity index (χ1) is 17.4. The van der Waals surface area contributed by atoms with Gasteiger partial charge < -0.3 is 9.47 Å². The third kappa shape index (κ3) is 9.03. The van der Waals surface area contributed by atoms with Crippen molar-refractivity contribution in [2.24, 2.45) is 11.8 Å². The fraction of sp³-hybridized carbons (Fsp3) is 0.500. The summed E-state index contributed by atoms with van der Waals surface area (Å²) >= 11 is 0. The molecular weight excluding hydrogens is 452 g/mol. The van der Waals surface area contributed by atoms with E-state index in [0.29, 0.717) is 36.4 Å². The first-order valence-corrected chi connectivity index (χ1v) is 13.2. The van der Waals surface area contributed by atoms with Crippen LogP contribution in [-0.2, 0) is 0 Å². The zero-order valence-corrected chi connectivity index (χ0v) is 22.2. The molecule has 6 heteroatoms. The van der Waals surface area contributed by atoms with Crippen molar-refractivity contribution in [1.82, 2.24) is 0 Å². The maximum atomic E-state index is 11.9. The summed E-state index contributed by atoms with van der Waals surface area (Å²) in [7, 11) is 0. The van der Waals surface area contributed by atoms with Crippen molar-refractivity contribution in [3.8, 4) is 17.6 Å². The number of benzene rings is 2. The van der Waals surface area contributed by atoms with Crippen molar-refractivity contribution in [1.29, 1.82) is 5.26 Å². The Morgan fingerprint density at radius 2 is 1.56 bits per heavy atom. The monoisotopic (exact) mass is 492 g/mol. The topological polar surface area (TPSA) is 85.4 Å². The summed E-state index contributed by atoms with van der Waals surface area (Å²) in [5.74, 6) is 1.50. The Hall–Kier alpha value is -3.33. The molecule has 0 radical (unpaired) electrons. The fourth-order valence-corrected chi connectivity index (χ4v) is 4.06. The van der Waals surface area contributed by atoms with Crippen LogP contribution in [-0.4, -0.2) is 18.1 Å². The molecule has 0 heterocycles. The van der Waals surface area contributed by atoms with Gasteiger partial charge in [-0.15, -0.1) is 0 Å². The molecular formula is C30H40N2O4. The number of hydrogen-bond acceptors (Lipinski definition) is 5. The van der Waals surface area contributed by atoms with E-state index >= 15 is 0 Å². The molecule has 0 bridgehead atoms. The number of nitro benzene ring substituents is 1. The van der Waals surface area contributed by atoms with Crippen molar-refractivity contribution in [2.75, 3.05) is 13.2 Å². The van der Waals surface area contributed by atoms with Crippen LogP contribution in [0.3, 0.4) is 0 Å². The van der Waals surface area contributed by atoms with Crippen molar-refractivity contribution < 1.29 is 14.4 Å². The van der Waals surface area contributed by atoms with E-state index in [1.54, 1.807) is 18.2 Å². The summed E-state index contributed by atoms with van der Waals surface area (Å²) in [6.45, 7) is 9.53. The van der Waals surface area contributed by atoms with Crippen LogP contribution in [0.1, 0.15) is 89.3 Å². The number of ether oxygens (including phenoxy) is 2. The van der Waals surface area contributed by atoms with Gasteiger partial charge in [0, 0.05) is 5.56 Å². The highest BCUT2D eigenvalue weighted by atomic mass is 16.6. The molecule has 36 heavy (non-hydrogen) atoms. The molecule has 0 aromatic heterocycles. The molecule has 194 valence electrons. The highest BCUT2D eigenvalue weighted by Gasteiger charge is 2.21. The van der Waals surface area contributed by atoms with Crippen molar-refractivity contribution in [3.05, 3.63) is 63.2 Å². The van der Waals surface area contributed by atoms with E-state index in [0.717, 1.165) is 56.1 Å². The third-order valence-corrected chi connectivity index (χ3v) is 6.55. The van der Waals surface area contributed by atoms with Gasteiger partial charge in [0.15, 0.2) is 5.75 Å². The highest BCUT2D eigenvalue weighted by Crippen LogP contribution is 2.37. The molecule has 6 nitrogen and oxygen atoms in total. The highest BCUT2D eigenvalue weighted by molar-refractivity contribution is 5.75. The lowest BCUT2D eigenvalue weighted by atomic mass is 10.0. The average molecular weight is 493 g/mol. The van der Waals surface area contributed by atoms with E-state index in [-0.39, 0.29) is 11.4 Å².